The molecule has 0 bridgehead atoms. The molecule has 184 valence electrons. The number of benzene rings is 2. The third kappa shape index (κ3) is 5.82. The van der Waals surface area contributed by atoms with Gasteiger partial charge >= 0.3 is 0 Å². The van der Waals surface area contributed by atoms with Gasteiger partial charge in [0.2, 0.25) is 5.82 Å². The zero-order chi connectivity index (χ0) is 24.9. The quantitative estimate of drug-likeness (QED) is 0.321. The van der Waals surface area contributed by atoms with Crippen LogP contribution in [-0.2, 0) is 17.6 Å². The first-order chi connectivity index (χ1) is 17.6. The van der Waals surface area contributed by atoms with E-state index in [9.17, 15) is 9.18 Å². The van der Waals surface area contributed by atoms with Gasteiger partial charge in [-0.2, -0.15) is 5.21 Å². The Hall–Kier alpha value is -3.94. The van der Waals surface area contributed by atoms with Gasteiger partial charge in [0.1, 0.15) is 17.4 Å². The maximum Gasteiger partial charge on any atom is 0.205 e. The van der Waals surface area contributed by atoms with E-state index in [4.69, 9.17) is 4.98 Å². The number of carbonyl (C=O) groups excluding carboxylic acids is 1. The normalized spacial score (nSPS) is 13.1. The minimum Gasteiger partial charge on any atom is -0.356 e. The first-order valence-electron chi connectivity index (χ1n) is 12.4. The van der Waals surface area contributed by atoms with Gasteiger partial charge in [-0.1, -0.05) is 43.3 Å². The highest BCUT2D eigenvalue weighted by atomic mass is 19.1. The number of Topliss-reactive ketones (excluding diaryl/α,β-unsaturated/α-hetero) is 1. The Kier molecular flexibility index (Phi) is 7.11. The van der Waals surface area contributed by atoms with Crippen molar-refractivity contribution in [2.24, 2.45) is 5.92 Å². The van der Waals surface area contributed by atoms with Crippen molar-refractivity contribution in [2.75, 3.05) is 18.0 Å². The molecule has 0 amide bonds. The highest BCUT2D eigenvalue weighted by Crippen LogP contribution is 2.34. The Bertz CT molecular complexity index is 1320. The molecule has 0 spiro atoms. The summed E-state index contributed by atoms with van der Waals surface area (Å²) in [5.41, 5.74) is 4.19. The molecule has 0 saturated heterocycles. The predicted octanol–water partition coefficient (Wildman–Crippen LogP) is 5.05. The van der Waals surface area contributed by atoms with E-state index in [-0.39, 0.29) is 24.4 Å². The van der Waals surface area contributed by atoms with Crippen LogP contribution < -0.4 is 4.90 Å². The Labute approximate surface area is 209 Å². The van der Waals surface area contributed by atoms with Crippen LogP contribution in [0.2, 0.25) is 0 Å². The van der Waals surface area contributed by atoms with Gasteiger partial charge in [0, 0.05) is 37.1 Å². The molecule has 8 heteroatoms. The maximum absolute atomic E-state index is 13.3. The van der Waals surface area contributed by atoms with E-state index < -0.39 is 0 Å². The number of halogens is 1. The van der Waals surface area contributed by atoms with Crippen molar-refractivity contribution in [1.82, 2.24) is 25.6 Å². The average Bonchev–Trinajstić information content (AvgIpc) is 3.53. The van der Waals surface area contributed by atoms with Crippen molar-refractivity contribution in [2.45, 2.75) is 39.0 Å². The summed E-state index contributed by atoms with van der Waals surface area (Å²) >= 11 is 0. The molecule has 1 aliphatic carbocycles. The van der Waals surface area contributed by atoms with E-state index in [1.165, 1.54) is 25.0 Å². The second-order valence-corrected chi connectivity index (χ2v) is 9.41. The number of nitrogens with one attached hydrogen (secondary N) is 1. The molecule has 4 aromatic rings. The molecule has 0 atom stereocenters. The van der Waals surface area contributed by atoms with Crippen molar-refractivity contribution in [3.63, 3.8) is 0 Å². The number of H-pyrrole nitrogens is 1. The summed E-state index contributed by atoms with van der Waals surface area (Å²) in [4.78, 5) is 20.4. The van der Waals surface area contributed by atoms with Crippen LogP contribution >= 0.6 is 0 Å². The molecule has 36 heavy (non-hydrogen) atoms. The van der Waals surface area contributed by atoms with Crippen LogP contribution in [0.15, 0.2) is 60.7 Å². The summed E-state index contributed by atoms with van der Waals surface area (Å²) in [6, 6.07) is 18.0. The first kappa shape index (κ1) is 23.8. The molecule has 0 radical (unpaired) electrons. The minimum atomic E-state index is -0.304. The number of ketones is 1. The molecule has 5 rings (SSSR count). The molecule has 1 fully saturated rings. The number of hydrogen-bond donors (Lipinski definition) is 1. The molecule has 1 aliphatic rings. The van der Waals surface area contributed by atoms with Crippen LogP contribution in [-0.4, -0.2) is 44.5 Å². The largest absolute Gasteiger partial charge is 0.356 e. The summed E-state index contributed by atoms with van der Waals surface area (Å²) in [5.74, 6) is 1.85. The van der Waals surface area contributed by atoms with E-state index in [0.717, 1.165) is 53.3 Å². The Morgan fingerprint density at radius 3 is 2.47 bits per heavy atom. The number of anilines is 1. The lowest BCUT2D eigenvalue weighted by Crippen LogP contribution is -2.27. The monoisotopic (exact) mass is 484 g/mol. The lowest BCUT2D eigenvalue weighted by Gasteiger charge is -2.24. The molecule has 2 aromatic heterocycles. The average molecular weight is 485 g/mol. The van der Waals surface area contributed by atoms with E-state index in [0.29, 0.717) is 11.7 Å². The van der Waals surface area contributed by atoms with E-state index in [1.54, 1.807) is 12.1 Å². The van der Waals surface area contributed by atoms with Crippen molar-refractivity contribution in [3.05, 3.63) is 77.6 Å². The number of tetrazole rings is 1. The maximum atomic E-state index is 13.3. The highest BCUT2D eigenvalue weighted by molar-refractivity contribution is 5.84. The second-order valence-electron chi connectivity index (χ2n) is 9.41. The van der Waals surface area contributed by atoms with E-state index >= 15 is 0 Å². The predicted molar refractivity (Wildman–Crippen MR) is 137 cm³/mol. The second kappa shape index (κ2) is 10.8. The number of nitrogens with zero attached hydrogens (tertiary/aromatic N) is 5. The van der Waals surface area contributed by atoms with Crippen LogP contribution in [0.1, 0.15) is 37.3 Å². The van der Waals surface area contributed by atoms with Gasteiger partial charge in [0.25, 0.3) is 0 Å². The Balaban J connectivity index is 1.50. The van der Waals surface area contributed by atoms with Gasteiger partial charge in [0.05, 0.1) is 5.69 Å². The summed E-state index contributed by atoms with van der Waals surface area (Å²) in [6.45, 7) is 4.05. The third-order valence-electron chi connectivity index (χ3n) is 6.37. The zero-order valence-electron chi connectivity index (χ0n) is 20.3. The number of aromatic nitrogens is 5. The number of pyridine rings is 1. The SMILES string of the molecule is CCCN(CC1CC1)c1cc(CC(=O)Cc2ccc(F)cc2)cc(-c2ccccc2-c2nn[nH]n2)n1. The third-order valence-corrected chi connectivity index (χ3v) is 6.37. The smallest absolute Gasteiger partial charge is 0.205 e. The fourth-order valence-electron chi connectivity index (χ4n) is 4.45. The molecule has 2 heterocycles. The standard InChI is InChI=1S/C28H29FN6O/c1-2-13-35(18-20-7-8-20)27-17-21(15-23(36)14-19-9-11-22(29)12-10-19)16-26(30-27)24-5-3-4-6-25(24)28-31-33-34-32-28/h3-6,9-12,16-17,20H,2,7-8,13-15,18H2,1H3,(H,31,32,33,34). The fraction of sp³-hybridized carbons (Fsp3) is 0.321. The van der Waals surface area contributed by atoms with Crippen molar-refractivity contribution in [3.8, 4) is 22.6 Å². The van der Waals surface area contributed by atoms with Crippen LogP contribution in [0.5, 0.6) is 0 Å². The van der Waals surface area contributed by atoms with Gasteiger partial charge < -0.3 is 4.90 Å². The number of carbonyl (C=O) groups is 1. The van der Waals surface area contributed by atoms with E-state index in [2.05, 4.69) is 32.4 Å². The van der Waals surface area contributed by atoms with Crippen molar-refractivity contribution in [1.29, 1.82) is 0 Å². The molecular formula is C28H29FN6O. The lowest BCUT2D eigenvalue weighted by molar-refractivity contribution is -0.117. The summed E-state index contributed by atoms with van der Waals surface area (Å²) in [6.07, 6.45) is 4.05. The van der Waals surface area contributed by atoms with Gasteiger partial charge in [-0.15, -0.1) is 10.2 Å². The fourth-order valence-corrected chi connectivity index (χ4v) is 4.45. The lowest BCUT2D eigenvalue weighted by atomic mass is 9.99. The van der Waals surface area contributed by atoms with Gasteiger partial charge in [-0.05, 0) is 65.8 Å². The molecule has 2 aromatic carbocycles. The molecule has 0 unspecified atom stereocenters. The topological polar surface area (TPSA) is 87.7 Å². The van der Waals surface area contributed by atoms with Gasteiger partial charge in [-0.3, -0.25) is 4.79 Å². The zero-order valence-corrected chi connectivity index (χ0v) is 20.3. The number of aromatic amines is 1. The van der Waals surface area contributed by atoms with Crippen molar-refractivity contribution >= 4 is 11.6 Å². The molecule has 0 aliphatic heterocycles. The first-order valence-corrected chi connectivity index (χ1v) is 12.4. The van der Waals surface area contributed by atoms with Crippen LogP contribution in [0.4, 0.5) is 10.2 Å². The van der Waals surface area contributed by atoms with Crippen molar-refractivity contribution < 1.29 is 9.18 Å². The van der Waals surface area contributed by atoms with Crippen LogP contribution in [0.25, 0.3) is 22.6 Å². The summed E-state index contributed by atoms with van der Waals surface area (Å²) in [7, 11) is 0. The van der Waals surface area contributed by atoms with E-state index in [1.807, 2.05) is 36.4 Å². The molecule has 1 N–H and O–H groups in total. The Morgan fingerprint density at radius 1 is 1.03 bits per heavy atom. The Morgan fingerprint density at radius 2 is 1.78 bits per heavy atom. The number of hydrogen-bond acceptors (Lipinski definition) is 6. The van der Waals surface area contributed by atoms with Gasteiger partial charge in [-0.25, -0.2) is 9.37 Å². The summed E-state index contributed by atoms with van der Waals surface area (Å²) in [5, 5.41) is 14.6. The van der Waals surface area contributed by atoms with Gasteiger partial charge in [0.15, 0.2) is 0 Å². The molecule has 7 nitrogen and oxygen atoms in total. The van der Waals surface area contributed by atoms with Crippen LogP contribution in [0, 0.1) is 11.7 Å². The minimum absolute atomic E-state index is 0.0698. The highest BCUT2D eigenvalue weighted by Gasteiger charge is 2.25. The van der Waals surface area contributed by atoms with Crippen LogP contribution in [0.3, 0.4) is 0 Å². The molecular weight excluding hydrogens is 455 g/mol. The number of rotatable bonds is 11. The molecule has 1 saturated carbocycles. The summed E-state index contributed by atoms with van der Waals surface area (Å²) < 4.78 is 13.3.